The summed E-state index contributed by atoms with van der Waals surface area (Å²) in [7, 11) is 0. The zero-order valence-corrected chi connectivity index (χ0v) is 10.1. The number of nitrogens with zero attached hydrogens (tertiary/aromatic N) is 3. The van der Waals surface area contributed by atoms with Crippen molar-refractivity contribution in [1.29, 1.82) is 0 Å². The summed E-state index contributed by atoms with van der Waals surface area (Å²) >= 11 is 0. The Bertz CT molecular complexity index is 646. The molecule has 102 valence electrons. The number of hydrogen-bond acceptors (Lipinski definition) is 7. The highest BCUT2D eigenvalue weighted by molar-refractivity contribution is 6.04. The number of nitrogens with one attached hydrogen (secondary N) is 2. The molecular weight excluding hydrogens is 264 g/mol. The summed E-state index contributed by atoms with van der Waals surface area (Å²) < 4.78 is 0. The Morgan fingerprint density at radius 2 is 2.00 bits per heavy atom. The molecule has 1 aromatic carbocycles. The largest absolute Gasteiger partial charge is 0.318 e. The summed E-state index contributed by atoms with van der Waals surface area (Å²) in [6.07, 6.45) is 2.93. The van der Waals surface area contributed by atoms with Crippen LogP contribution in [-0.4, -0.2) is 20.8 Å². The molecule has 0 saturated carbocycles. The number of nitrogens with two attached hydrogens (primary N) is 1. The standard InChI is InChI=1S/C11H10N6O3/c12-16-8-3-2-7(6-9(8)17(19)20)10(18)15-11-13-4-1-5-14-11/h1-6,16H,12H2,(H,13,14,15,18). The molecule has 0 spiro atoms. The van der Waals surface area contributed by atoms with E-state index in [4.69, 9.17) is 5.84 Å². The lowest BCUT2D eigenvalue weighted by Crippen LogP contribution is -2.15. The van der Waals surface area contributed by atoms with Gasteiger partial charge in [-0.05, 0) is 18.2 Å². The number of carbonyl (C=O) groups excluding carboxylic acids is 1. The third kappa shape index (κ3) is 2.84. The van der Waals surface area contributed by atoms with E-state index < -0.39 is 10.8 Å². The lowest BCUT2D eigenvalue weighted by Gasteiger charge is -2.05. The number of amides is 1. The predicted molar refractivity (Wildman–Crippen MR) is 70.9 cm³/mol. The number of nitrogen functional groups attached to an aromatic ring is 1. The molecule has 0 aliphatic heterocycles. The van der Waals surface area contributed by atoms with Gasteiger partial charge >= 0.3 is 0 Å². The molecule has 0 unspecified atom stereocenters. The first kappa shape index (κ1) is 13.4. The van der Waals surface area contributed by atoms with Gasteiger partial charge in [-0.15, -0.1) is 0 Å². The molecule has 1 aromatic heterocycles. The van der Waals surface area contributed by atoms with Crippen molar-refractivity contribution in [3.05, 3.63) is 52.3 Å². The molecule has 0 atom stereocenters. The number of benzene rings is 1. The zero-order valence-electron chi connectivity index (χ0n) is 10.1. The van der Waals surface area contributed by atoms with Crippen molar-refractivity contribution in [2.75, 3.05) is 10.7 Å². The van der Waals surface area contributed by atoms with Crippen molar-refractivity contribution >= 4 is 23.2 Å². The molecular formula is C11H10N6O3. The number of hydrogen-bond donors (Lipinski definition) is 3. The highest BCUT2D eigenvalue weighted by atomic mass is 16.6. The molecule has 0 fully saturated rings. The van der Waals surface area contributed by atoms with Crippen molar-refractivity contribution in [2.45, 2.75) is 0 Å². The van der Waals surface area contributed by atoms with Gasteiger partial charge in [0.1, 0.15) is 5.69 Å². The maximum absolute atomic E-state index is 11.9. The van der Waals surface area contributed by atoms with Crippen molar-refractivity contribution in [3.63, 3.8) is 0 Å². The molecule has 2 aromatic rings. The van der Waals surface area contributed by atoms with Gasteiger partial charge in [0.25, 0.3) is 11.6 Å². The van der Waals surface area contributed by atoms with E-state index in [2.05, 4.69) is 20.7 Å². The molecule has 0 aliphatic carbocycles. The summed E-state index contributed by atoms with van der Waals surface area (Å²) in [5, 5.41) is 13.3. The summed E-state index contributed by atoms with van der Waals surface area (Å²) in [5.41, 5.74) is 2.11. The second-order valence-electron chi connectivity index (χ2n) is 3.66. The quantitative estimate of drug-likeness (QED) is 0.428. The molecule has 0 bridgehead atoms. The fourth-order valence-electron chi connectivity index (χ4n) is 1.48. The van der Waals surface area contributed by atoms with E-state index in [1.54, 1.807) is 6.07 Å². The fraction of sp³-hybridized carbons (Fsp3) is 0. The molecule has 20 heavy (non-hydrogen) atoms. The monoisotopic (exact) mass is 274 g/mol. The second kappa shape index (κ2) is 5.71. The number of nitro groups is 1. The van der Waals surface area contributed by atoms with E-state index in [0.717, 1.165) is 6.07 Å². The van der Waals surface area contributed by atoms with Crippen molar-refractivity contribution in [3.8, 4) is 0 Å². The van der Waals surface area contributed by atoms with Crippen LogP contribution in [0.4, 0.5) is 17.3 Å². The van der Waals surface area contributed by atoms with Gasteiger partial charge < -0.3 is 5.43 Å². The van der Waals surface area contributed by atoms with E-state index in [-0.39, 0.29) is 22.9 Å². The Balaban J connectivity index is 2.27. The van der Waals surface area contributed by atoms with Crippen LogP contribution in [0, 0.1) is 10.1 Å². The Hall–Kier alpha value is -3.07. The summed E-state index contributed by atoms with van der Waals surface area (Å²) in [6, 6.07) is 5.47. The number of nitro benzene ring substituents is 1. The van der Waals surface area contributed by atoms with Crippen LogP contribution < -0.4 is 16.6 Å². The molecule has 1 amide bonds. The van der Waals surface area contributed by atoms with Crippen LogP contribution in [0.2, 0.25) is 0 Å². The Morgan fingerprint density at radius 1 is 1.30 bits per heavy atom. The molecule has 9 heteroatoms. The van der Waals surface area contributed by atoms with Crippen molar-refractivity contribution in [1.82, 2.24) is 9.97 Å². The molecule has 0 aliphatic rings. The van der Waals surface area contributed by atoms with Crippen LogP contribution in [0.5, 0.6) is 0 Å². The van der Waals surface area contributed by atoms with Crippen LogP contribution in [0.3, 0.4) is 0 Å². The topological polar surface area (TPSA) is 136 Å². The lowest BCUT2D eigenvalue weighted by molar-refractivity contribution is -0.384. The van der Waals surface area contributed by atoms with E-state index in [1.807, 2.05) is 0 Å². The lowest BCUT2D eigenvalue weighted by atomic mass is 10.1. The van der Waals surface area contributed by atoms with Crippen LogP contribution in [0.25, 0.3) is 0 Å². The molecule has 4 N–H and O–H groups in total. The highest BCUT2D eigenvalue weighted by Gasteiger charge is 2.17. The first-order valence-corrected chi connectivity index (χ1v) is 5.45. The first-order chi connectivity index (χ1) is 9.61. The molecule has 1 heterocycles. The van der Waals surface area contributed by atoms with Crippen LogP contribution >= 0.6 is 0 Å². The number of anilines is 2. The van der Waals surface area contributed by atoms with E-state index in [9.17, 15) is 14.9 Å². The van der Waals surface area contributed by atoms with E-state index >= 15 is 0 Å². The zero-order chi connectivity index (χ0) is 14.5. The average molecular weight is 274 g/mol. The van der Waals surface area contributed by atoms with Gasteiger partial charge in [-0.2, -0.15) is 0 Å². The van der Waals surface area contributed by atoms with Gasteiger partial charge in [0.05, 0.1) is 4.92 Å². The van der Waals surface area contributed by atoms with Crippen molar-refractivity contribution < 1.29 is 9.72 Å². The molecule has 0 radical (unpaired) electrons. The first-order valence-electron chi connectivity index (χ1n) is 5.45. The van der Waals surface area contributed by atoms with Gasteiger partial charge in [-0.25, -0.2) is 9.97 Å². The van der Waals surface area contributed by atoms with Gasteiger partial charge in [-0.1, -0.05) is 0 Å². The Kier molecular flexibility index (Phi) is 3.82. The summed E-state index contributed by atoms with van der Waals surface area (Å²) in [5.74, 6) is 4.72. The predicted octanol–water partition coefficient (Wildman–Crippen LogP) is 0.923. The van der Waals surface area contributed by atoms with Crippen LogP contribution in [-0.2, 0) is 0 Å². The molecule has 2 rings (SSSR count). The number of carbonyl (C=O) groups is 1. The smallest absolute Gasteiger partial charge is 0.294 e. The van der Waals surface area contributed by atoms with Crippen LogP contribution in [0.1, 0.15) is 10.4 Å². The minimum atomic E-state index is -0.634. The minimum Gasteiger partial charge on any atom is -0.318 e. The molecule has 9 nitrogen and oxygen atoms in total. The minimum absolute atomic E-state index is 0.100. The number of aromatic nitrogens is 2. The number of rotatable bonds is 4. The summed E-state index contributed by atoms with van der Waals surface area (Å²) in [4.78, 5) is 29.8. The van der Waals surface area contributed by atoms with Crippen molar-refractivity contribution in [2.24, 2.45) is 5.84 Å². The normalized spacial score (nSPS) is 9.85. The van der Waals surface area contributed by atoms with Gasteiger partial charge in [-0.3, -0.25) is 26.1 Å². The van der Waals surface area contributed by atoms with Gasteiger partial charge in [0, 0.05) is 24.0 Å². The highest BCUT2D eigenvalue weighted by Crippen LogP contribution is 2.24. The maximum Gasteiger partial charge on any atom is 0.294 e. The maximum atomic E-state index is 11.9. The van der Waals surface area contributed by atoms with E-state index in [1.165, 1.54) is 24.5 Å². The third-order valence-corrected chi connectivity index (χ3v) is 2.40. The Labute approximate surface area is 113 Å². The third-order valence-electron chi connectivity index (χ3n) is 2.40. The van der Waals surface area contributed by atoms with Gasteiger partial charge in [0.15, 0.2) is 0 Å². The van der Waals surface area contributed by atoms with E-state index in [0.29, 0.717) is 0 Å². The average Bonchev–Trinajstić information content (AvgIpc) is 2.47. The SMILES string of the molecule is NNc1ccc(C(=O)Nc2ncccn2)cc1[N+](=O)[O-]. The van der Waals surface area contributed by atoms with Crippen LogP contribution in [0.15, 0.2) is 36.7 Å². The van der Waals surface area contributed by atoms with Gasteiger partial charge in [0.2, 0.25) is 5.95 Å². The molecule has 0 saturated heterocycles. The second-order valence-corrected chi connectivity index (χ2v) is 3.66. The fourth-order valence-corrected chi connectivity index (χ4v) is 1.48. The summed E-state index contributed by atoms with van der Waals surface area (Å²) in [6.45, 7) is 0. The Morgan fingerprint density at radius 3 is 2.60 bits per heavy atom. The number of hydrazine groups is 1.